The predicted molar refractivity (Wildman–Crippen MR) is 53.8 cm³/mol. The van der Waals surface area contributed by atoms with E-state index in [0.29, 0.717) is 0 Å². The van der Waals surface area contributed by atoms with E-state index < -0.39 is 29.6 Å². The van der Waals surface area contributed by atoms with Gasteiger partial charge in [-0.3, -0.25) is 4.79 Å². The zero-order valence-corrected chi connectivity index (χ0v) is 10.2. The van der Waals surface area contributed by atoms with Gasteiger partial charge in [-0.1, -0.05) is 0 Å². The maximum absolute atomic E-state index is 13.0. The molecule has 1 heterocycles. The Hall–Kier alpha value is -1.85. The molecule has 0 atom stereocenters. The average Bonchev–Trinajstić information content (AvgIpc) is 2.75. The van der Waals surface area contributed by atoms with Crippen LogP contribution < -0.4 is 5.32 Å². The van der Waals surface area contributed by atoms with Crippen molar-refractivity contribution in [2.45, 2.75) is 24.8 Å². The third-order valence-electron chi connectivity index (χ3n) is 2.19. The molecule has 1 aromatic heterocycles. The number of rotatable bonds is 5. The van der Waals surface area contributed by atoms with Crippen molar-refractivity contribution < 1.29 is 40.3 Å². The van der Waals surface area contributed by atoms with Crippen molar-refractivity contribution in [1.29, 1.82) is 0 Å². The Morgan fingerprint density at radius 3 is 2.33 bits per heavy atom. The number of hydrogen-bond donors (Lipinski definition) is 1. The van der Waals surface area contributed by atoms with Crippen LogP contribution in [0.25, 0.3) is 0 Å². The van der Waals surface area contributed by atoms with Crippen LogP contribution in [-0.4, -0.2) is 40.8 Å². The second-order valence-corrected chi connectivity index (χ2v) is 3.79. The summed E-state index contributed by atoms with van der Waals surface area (Å²) >= 11 is 0. The molecular weight excluding hydrogens is 315 g/mol. The maximum atomic E-state index is 13.0. The molecule has 1 aromatic rings. The van der Waals surface area contributed by atoms with Gasteiger partial charge in [0.25, 0.3) is 0 Å². The number of amides is 1. The molecule has 21 heavy (non-hydrogen) atoms. The number of methoxy groups -OCH3 is 1. The second-order valence-electron chi connectivity index (χ2n) is 3.79. The molecule has 0 saturated carbocycles. The first-order valence-electron chi connectivity index (χ1n) is 5.08. The number of nitrogens with zero attached hydrogens (tertiary/aromatic N) is 2. The minimum Gasteiger partial charge on any atom is -0.362 e. The molecule has 0 bridgehead atoms. The fraction of sp³-hybridized carbons (Fsp3) is 0.556. The van der Waals surface area contributed by atoms with Crippen LogP contribution in [-0.2, 0) is 16.3 Å². The van der Waals surface area contributed by atoms with E-state index >= 15 is 0 Å². The van der Waals surface area contributed by atoms with Crippen LogP contribution in [0, 0.1) is 0 Å². The fourth-order valence-corrected chi connectivity index (χ4v) is 1.16. The monoisotopic (exact) mass is 323 g/mol. The lowest BCUT2D eigenvalue weighted by molar-refractivity contribution is -0.343. The molecule has 1 N–H and O–H groups in total. The summed E-state index contributed by atoms with van der Waals surface area (Å²) in [6.07, 6.45) is -4.89. The summed E-state index contributed by atoms with van der Waals surface area (Å²) in [7, 11) is 1.26. The van der Waals surface area contributed by atoms with Gasteiger partial charge < -0.3 is 10.1 Å². The van der Waals surface area contributed by atoms with E-state index in [-0.39, 0.29) is 6.73 Å². The van der Waals surface area contributed by atoms with Crippen LogP contribution in [0.15, 0.2) is 12.4 Å². The van der Waals surface area contributed by atoms with Gasteiger partial charge in [-0.25, -0.2) is 4.68 Å². The third kappa shape index (κ3) is 3.25. The highest BCUT2D eigenvalue weighted by Gasteiger charge is 2.76. The second kappa shape index (κ2) is 5.50. The third-order valence-corrected chi connectivity index (χ3v) is 2.19. The Morgan fingerprint density at radius 2 is 1.86 bits per heavy atom. The van der Waals surface area contributed by atoms with Gasteiger partial charge >= 0.3 is 23.9 Å². The van der Waals surface area contributed by atoms with Gasteiger partial charge in [0.2, 0.25) is 0 Å². The van der Waals surface area contributed by atoms with Crippen molar-refractivity contribution in [3.8, 4) is 0 Å². The molecule has 5 nitrogen and oxygen atoms in total. The van der Waals surface area contributed by atoms with Crippen molar-refractivity contribution in [3.63, 3.8) is 0 Å². The van der Waals surface area contributed by atoms with Crippen LogP contribution in [0.5, 0.6) is 0 Å². The van der Waals surface area contributed by atoms with Crippen molar-refractivity contribution >= 4 is 11.6 Å². The summed E-state index contributed by atoms with van der Waals surface area (Å²) in [5, 5.41) is 4.71. The zero-order chi connectivity index (χ0) is 16.5. The Bertz CT molecular complexity index is 512. The van der Waals surface area contributed by atoms with E-state index in [2.05, 4.69) is 9.84 Å². The van der Waals surface area contributed by atoms with Crippen LogP contribution in [0.4, 0.5) is 36.4 Å². The molecule has 12 heteroatoms. The number of hydrogen-bond acceptors (Lipinski definition) is 3. The molecular formula is C9H8F7N3O2. The van der Waals surface area contributed by atoms with Crippen molar-refractivity contribution in [2.24, 2.45) is 0 Å². The number of anilines is 1. The Morgan fingerprint density at radius 1 is 1.29 bits per heavy atom. The lowest BCUT2D eigenvalue weighted by atomic mass is 10.1. The minimum atomic E-state index is -6.58. The highest BCUT2D eigenvalue weighted by Crippen LogP contribution is 2.46. The zero-order valence-electron chi connectivity index (χ0n) is 10.2. The highest BCUT2D eigenvalue weighted by atomic mass is 19.4. The first-order chi connectivity index (χ1) is 9.43. The molecule has 120 valence electrons. The summed E-state index contributed by atoms with van der Waals surface area (Å²) in [4.78, 5) is 11.0. The number of nitrogens with one attached hydrogen (secondary N) is 1. The number of aromatic nitrogens is 2. The number of alkyl halides is 7. The molecule has 0 radical (unpaired) electrons. The lowest BCUT2D eigenvalue weighted by Gasteiger charge is -2.26. The van der Waals surface area contributed by atoms with E-state index in [4.69, 9.17) is 0 Å². The highest BCUT2D eigenvalue weighted by molar-refractivity contribution is 5.96. The van der Waals surface area contributed by atoms with Crippen molar-refractivity contribution in [2.75, 3.05) is 12.4 Å². The molecule has 0 aromatic carbocycles. The first kappa shape index (κ1) is 17.2. The van der Waals surface area contributed by atoms with Gasteiger partial charge in [-0.05, 0) is 0 Å². The van der Waals surface area contributed by atoms with Crippen LogP contribution in [0.1, 0.15) is 0 Å². The van der Waals surface area contributed by atoms with E-state index in [0.717, 1.165) is 17.1 Å². The summed E-state index contributed by atoms with van der Waals surface area (Å²) in [5.74, 6) is -15.3. The van der Waals surface area contributed by atoms with Crippen molar-refractivity contribution in [3.05, 3.63) is 12.4 Å². The molecule has 0 spiro atoms. The Balaban J connectivity index is 2.91. The molecule has 0 aliphatic rings. The van der Waals surface area contributed by atoms with Crippen LogP contribution >= 0.6 is 0 Å². The van der Waals surface area contributed by atoms with Gasteiger partial charge in [-0.15, -0.1) is 0 Å². The molecule has 0 unspecified atom stereocenters. The number of halogens is 7. The maximum Gasteiger partial charge on any atom is 0.460 e. The molecule has 1 amide bonds. The quantitative estimate of drug-likeness (QED) is 0.846. The van der Waals surface area contributed by atoms with E-state index in [1.54, 1.807) is 0 Å². The summed E-state index contributed by atoms with van der Waals surface area (Å²) < 4.78 is 92.5. The van der Waals surface area contributed by atoms with Crippen LogP contribution in [0.2, 0.25) is 0 Å². The van der Waals surface area contributed by atoms with E-state index in [1.807, 2.05) is 0 Å². The fourth-order valence-electron chi connectivity index (χ4n) is 1.16. The standard InChI is InChI=1S/C9H8F7N3O2/c1-21-4-19-3-5(2-17-19)18-6(20)7(10,11)8(12,13)9(14,15)16/h2-3H,4H2,1H3,(H,18,20). The van der Waals surface area contributed by atoms with E-state index in [1.165, 1.54) is 12.4 Å². The normalized spacial score (nSPS) is 13.3. The molecule has 0 fully saturated rings. The van der Waals surface area contributed by atoms with Gasteiger partial charge in [-0.2, -0.15) is 35.8 Å². The topological polar surface area (TPSA) is 56.1 Å². The molecule has 0 aliphatic carbocycles. The SMILES string of the molecule is COCn1cc(NC(=O)C(F)(F)C(F)(F)C(F)(F)F)cn1. The molecule has 0 aliphatic heterocycles. The molecule has 1 rings (SSSR count). The van der Waals surface area contributed by atoms with Gasteiger partial charge in [0.15, 0.2) is 0 Å². The van der Waals surface area contributed by atoms with Gasteiger partial charge in [0.05, 0.1) is 18.1 Å². The van der Waals surface area contributed by atoms with Crippen molar-refractivity contribution in [1.82, 2.24) is 9.78 Å². The Labute approximate surface area is 112 Å². The number of carbonyl (C=O) groups excluding carboxylic acids is 1. The minimum absolute atomic E-state index is 0.148. The number of ether oxygens (including phenoxy) is 1. The molecule has 0 saturated heterocycles. The predicted octanol–water partition coefficient (Wildman–Crippen LogP) is 2.26. The van der Waals surface area contributed by atoms with Gasteiger partial charge in [0.1, 0.15) is 6.73 Å². The van der Waals surface area contributed by atoms with E-state index in [9.17, 15) is 35.5 Å². The smallest absolute Gasteiger partial charge is 0.362 e. The lowest BCUT2D eigenvalue weighted by Crippen LogP contribution is -2.57. The largest absolute Gasteiger partial charge is 0.460 e. The summed E-state index contributed by atoms with van der Waals surface area (Å²) in [6.45, 7) is -0.148. The Kier molecular flexibility index (Phi) is 4.51. The van der Waals surface area contributed by atoms with Gasteiger partial charge in [0, 0.05) is 7.11 Å². The number of carbonyl (C=O) groups is 1. The summed E-state index contributed by atoms with van der Waals surface area (Å²) in [5.41, 5.74) is -0.491. The van der Waals surface area contributed by atoms with Crippen LogP contribution in [0.3, 0.4) is 0 Å². The first-order valence-corrected chi connectivity index (χ1v) is 5.08. The summed E-state index contributed by atoms with van der Waals surface area (Å²) in [6, 6.07) is 0. The average molecular weight is 323 g/mol.